The number of anilines is 1. The highest BCUT2D eigenvalue weighted by Gasteiger charge is 2.19. The summed E-state index contributed by atoms with van der Waals surface area (Å²) in [7, 11) is 0. The number of nitrogens with zero attached hydrogens (tertiary/aromatic N) is 5. The standard InChI is InChI=1S/C15H19N7OS/c23-14-13-20-19-11(22(13)9-8-16-14)6-7-17-15-18-12(21-24-15)10-4-2-1-3-5-10/h8-10H,1-7H2,(H,16,23)(H,17,18,21). The number of fused-ring (bicyclic) bond motifs is 1. The molecule has 1 aliphatic carbocycles. The van der Waals surface area contributed by atoms with Gasteiger partial charge in [0.2, 0.25) is 10.8 Å². The second-order valence-electron chi connectivity index (χ2n) is 6.07. The van der Waals surface area contributed by atoms with Crippen molar-refractivity contribution in [3.8, 4) is 0 Å². The summed E-state index contributed by atoms with van der Waals surface area (Å²) in [5, 5.41) is 12.2. The van der Waals surface area contributed by atoms with E-state index in [0.717, 1.165) is 16.8 Å². The van der Waals surface area contributed by atoms with Crippen LogP contribution in [-0.4, -0.2) is 35.5 Å². The maximum Gasteiger partial charge on any atom is 0.293 e. The second kappa shape index (κ2) is 6.68. The lowest BCUT2D eigenvalue weighted by Crippen LogP contribution is -2.11. The highest BCUT2D eigenvalue weighted by molar-refractivity contribution is 7.09. The Kier molecular flexibility index (Phi) is 4.24. The number of nitrogens with one attached hydrogen (secondary N) is 2. The topological polar surface area (TPSA) is 101 Å². The van der Waals surface area contributed by atoms with E-state index in [1.165, 1.54) is 43.6 Å². The van der Waals surface area contributed by atoms with Gasteiger partial charge in [0, 0.05) is 42.8 Å². The van der Waals surface area contributed by atoms with Crippen molar-refractivity contribution >= 4 is 22.3 Å². The highest BCUT2D eigenvalue weighted by atomic mass is 32.1. The van der Waals surface area contributed by atoms with E-state index in [-0.39, 0.29) is 5.56 Å². The maximum atomic E-state index is 11.6. The molecule has 3 heterocycles. The summed E-state index contributed by atoms with van der Waals surface area (Å²) in [6, 6.07) is 0. The molecule has 0 aliphatic heterocycles. The van der Waals surface area contributed by atoms with Crippen LogP contribution in [0.25, 0.3) is 5.65 Å². The average Bonchev–Trinajstić information content (AvgIpc) is 3.24. The molecule has 1 aliphatic rings. The quantitative estimate of drug-likeness (QED) is 0.733. The van der Waals surface area contributed by atoms with Crippen LogP contribution in [0.2, 0.25) is 0 Å². The summed E-state index contributed by atoms with van der Waals surface area (Å²) >= 11 is 1.42. The molecular weight excluding hydrogens is 326 g/mol. The first-order valence-electron chi connectivity index (χ1n) is 8.30. The molecule has 3 aromatic heterocycles. The fourth-order valence-electron chi connectivity index (χ4n) is 3.17. The molecule has 0 atom stereocenters. The smallest absolute Gasteiger partial charge is 0.293 e. The minimum atomic E-state index is -0.231. The lowest BCUT2D eigenvalue weighted by molar-refractivity contribution is 0.432. The molecule has 0 amide bonds. The molecule has 0 aromatic carbocycles. The zero-order chi connectivity index (χ0) is 16.4. The van der Waals surface area contributed by atoms with Gasteiger partial charge in [0.1, 0.15) is 11.6 Å². The van der Waals surface area contributed by atoms with Crippen LogP contribution in [0.15, 0.2) is 17.2 Å². The molecule has 0 unspecified atom stereocenters. The van der Waals surface area contributed by atoms with E-state index >= 15 is 0 Å². The number of hydrogen-bond donors (Lipinski definition) is 2. The van der Waals surface area contributed by atoms with Crippen molar-refractivity contribution in [2.75, 3.05) is 11.9 Å². The van der Waals surface area contributed by atoms with Crippen molar-refractivity contribution in [1.82, 2.24) is 28.9 Å². The van der Waals surface area contributed by atoms with Crippen LogP contribution in [0, 0.1) is 0 Å². The lowest BCUT2D eigenvalue weighted by Gasteiger charge is -2.18. The molecule has 126 valence electrons. The first-order chi connectivity index (χ1) is 11.8. The zero-order valence-corrected chi connectivity index (χ0v) is 14.1. The van der Waals surface area contributed by atoms with Gasteiger partial charge in [0.05, 0.1) is 0 Å². The molecule has 24 heavy (non-hydrogen) atoms. The first kappa shape index (κ1) is 15.3. The minimum Gasteiger partial charge on any atom is -0.360 e. The molecule has 0 spiro atoms. The lowest BCUT2D eigenvalue weighted by atomic mass is 9.89. The summed E-state index contributed by atoms with van der Waals surface area (Å²) in [5.74, 6) is 2.26. The van der Waals surface area contributed by atoms with Crippen molar-refractivity contribution in [2.24, 2.45) is 0 Å². The van der Waals surface area contributed by atoms with Crippen molar-refractivity contribution < 1.29 is 0 Å². The van der Waals surface area contributed by atoms with Gasteiger partial charge in [0.15, 0.2) is 0 Å². The summed E-state index contributed by atoms with van der Waals surface area (Å²) in [4.78, 5) is 18.8. The SMILES string of the molecule is O=c1[nH]ccn2c(CCNc3nc(C4CCCCC4)ns3)nnc12. The Bertz CT molecular complexity index is 877. The number of H-pyrrole nitrogens is 1. The van der Waals surface area contributed by atoms with Gasteiger partial charge in [-0.05, 0) is 12.8 Å². The summed E-state index contributed by atoms with van der Waals surface area (Å²) in [6.07, 6.45) is 10.3. The van der Waals surface area contributed by atoms with Crippen molar-refractivity contribution in [1.29, 1.82) is 0 Å². The van der Waals surface area contributed by atoms with E-state index in [9.17, 15) is 4.79 Å². The first-order valence-corrected chi connectivity index (χ1v) is 9.07. The van der Waals surface area contributed by atoms with E-state index in [4.69, 9.17) is 0 Å². The van der Waals surface area contributed by atoms with Crippen molar-refractivity contribution in [3.05, 3.63) is 34.4 Å². The third-order valence-electron chi connectivity index (χ3n) is 4.44. The van der Waals surface area contributed by atoms with Crippen LogP contribution >= 0.6 is 11.5 Å². The largest absolute Gasteiger partial charge is 0.360 e. The van der Waals surface area contributed by atoms with Gasteiger partial charge in [-0.3, -0.25) is 9.20 Å². The number of aromatic nitrogens is 6. The Morgan fingerprint density at radius 2 is 2.17 bits per heavy atom. The molecule has 2 N–H and O–H groups in total. The molecule has 4 rings (SSSR count). The molecule has 0 radical (unpaired) electrons. The summed E-state index contributed by atoms with van der Waals surface area (Å²) < 4.78 is 6.22. The van der Waals surface area contributed by atoms with E-state index in [1.807, 2.05) is 0 Å². The predicted octanol–water partition coefficient (Wildman–Crippen LogP) is 1.97. The third kappa shape index (κ3) is 3.03. The number of aromatic amines is 1. The van der Waals surface area contributed by atoms with E-state index < -0.39 is 0 Å². The van der Waals surface area contributed by atoms with Crippen LogP contribution in [0.5, 0.6) is 0 Å². The molecule has 1 fully saturated rings. The van der Waals surface area contributed by atoms with Gasteiger partial charge in [-0.15, -0.1) is 10.2 Å². The van der Waals surface area contributed by atoms with Crippen LogP contribution in [0.1, 0.15) is 49.7 Å². The number of hydrogen-bond acceptors (Lipinski definition) is 7. The molecule has 0 saturated heterocycles. The Morgan fingerprint density at radius 3 is 3.04 bits per heavy atom. The van der Waals surface area contributed by atoms with Crippen molar-refractivity contribution in [3.63, 3.8) is 0 Å². The Morgan fingerprint density at radius 1 is 1.29 bits per heavy atom. The molecule has 8 nitrogen and oxygen atoms in total. The highest BCUT2D eigenvalue weighted by Crippen LogP contribution is 2.32. The van der Waals surface area contributed by atoms with Gasteiger partial charge in [-0.25, -0.2) is 4.98 Å². The third-order valence-corrected chi connectivity index (χ3v) is 5.13. The molecule has 9 heteroatoms. The second-order valence-corrected chi connectivity index (χ2v) is 6.82. The molecule has 3 aromatic rings. The van der Waals surface area contributed by atoms with E-state index in [2.05, 4.69) is 29.9 Å². The monoisotopic (exact) mass is 345 g/mol. The summed E-state index contributed by atoms with van der Waals surface area (Å²) in [5.41, 5.74) is 0.0912. The average molecular weight is 345 g/mol. The van der Waals surface area contributed by atoms with Gasteiger partial charge >= 0.3 is 0 Å². The van der Waals surface area contributed by atoms with Crippen LogP contribution in [-0.2, 0) is 6.42 Å². The fraction of sp³-hybridized carbons (Fsp3) is 0.533. The minimum absolute atomic E-state index is 0.231. The van der Waals surface area contributed by atoms with Crippen LogP contribution in [0.3, 0.4) is 0 Å². The fourth-order valence-corrected chi connectivity index (χ4v) is 3.84. The predicted molar refractivity (Wildman–Crippen MR) is 91.5 cm³/mol. The maximum absolute atomic E-state index is 11.6. The van der Waals surface area contributed by atoms with Gasteiger partial charge in [0.25, 0.3) is 5.56 Å². The Labute approximate surface area is 142 Å². The number of rotatable bonds is 5. The van der Waals surface area contributed by atoms with Crippen molar-refractivity contribution in [2.45, 2.75) is 44.4 Å². The summed E-state index contributed by atoms with van der Waals surface area (Å²) in [6.45, 7) is 0.674. The Hall–Kier alpha value is -2.29. The van der Waals surface area contributed by atoms with Crippen LogP contribution in [0.4, 0.5) is 5.13 Å². The van der Waals surface area contributed by atoms with Gasteiger partial charge in [-0.1, -0.05) is 19.3 Å². The zero-order valence-electron chi connectivity index (χ0n) is 13.2. The molecule has 1 saturated carbocycles. The van der Waals surface area contributed by atoms with Gasteiger partial charge < -0.3 is 10.3 Å². The molecular formula is C15H19N7OS. The Balaban J connectivity index is 1.38. The van der Waals surface area contributed by atoms with E-state index in [1.54, 1.807) is 16.8 Å². The molecule has 0 bridgehead atoms. The van der Waals surface area contributed by atoms with E-state index in [0.29, 0.717) is 24.5 Å². The normalized spacial score (nSPS) is 15.8. The van der Waals surface area contributed by atoms with Gasteiger partial charge in [-0.2, -0.15) is 4.37 Å². The van der Waals surface area contributed by atoms with Crippen LogP contribution < -0.4 is 10.9 Å².